The molecule has 5 rings (SSSR count). The lowest BCUT2D eigenvalue weighted by Crippen LogP contribution is -2.13. The van der Waals surface area contributed by atoms with Gasteiger partial charge in [-0.05, 0) is 48.1 Å². The normalized spacial score (nSPS) is 14.3. The minimum Gasteiger partial charge on any atom is -0.422 e. The molecule has 0 aliphatic heterocycles. The van der Waals surface area contributed by atoms with Crippen molar-refractivity contribution in [2.75, 3.05) is 5.73 Å². The molecule has 1 aliphatic carbocycles. The maximum Gasteiger partial charge on any atom is 0.347 e. The van der Waals surface area contributed by atoms with Gasteiger partial charge in [0.25, 0.3) is 0 Å². The molecule has 2 aromatic heterocycles. The molecule has 0 fully saturated rings. The van der Waals surface area contributed by atoms with E-state index in [4.69, 9.17) is 10.2 Å². The molecule has 118 valence electrons. The van der Waals surface area contributed by atoms with Gasteiger partial charge in [0.15, 0.2) is 0 Å². The SMILES string of the molecule is Nc1nc2c(c3c1c(=O)oc1ccc4ccccc4c13)CCCC2. The summed E-state index contributed by atoms with van der Waals surface area (Å²) in [6, 6.07) is 12.0. The zero-order valence-electron chi connectivity index (χ0n) is 13.1. The van der Waals surface area contributed by atoms with Crippen LogP contribution in [0.15, 0.2) is 45.6 Å². The van der Waals surface area contributed by atoms with E-state index in [-0.39, 0.29) is 5.82 Å². The van der Waals surface area contributed by atoms with Gasteiger partial charge < -0.3 is 10.2 Å². The number of benzene rings is 2. The van der Waals surface area contributed by atoms with Crippen LogP contribution in [0.3, 0.4) is 0 Å². The fraction of sp³-hybridized carbons (Fsp3) is 0.200. The van der Waals surface area contributed by atoms with Crippen LogP contribution in [0.1, 0.15) is 24.1 Å². The van der Waals surface area contributed by atoms with Gasteiger partial charge in [0, 0.05) is 16.5 Å². The average molecular weight is 316 g/mol. The fourth-order valence-electron chi connectivity index (χ4n) is 3.99. The molecular weight excluding hydrogens is 300 g/mol. The molecule has 0 saturated heterocycles. The summed E-state index contributed by atoms with van der Waals surface area (Å²) in [6.07, 6.45) is 4.08. The number of nitrogens with two attached hydrogens (primary N) is 1. The van der Waals surface area contributed by atoms with Crippen molar-refractivity contribution in [3.05, 3.63) is 58.1 Å². The van der Waals surface area contributed by atoms with Crippen LogP contribution in [0.4, 0.5) is 5.82 Å². The van der Waals surface area contributed by atoms with Crippen LogP contribution in [0.5, 0.6) is 0 Å². The second-order valence-corrected chi connectivity index (χ2v) is 6.43. The van der Waals surface area contributed by atoms with E-state index in [1.54, 1.807) is 0 Å². The van der Waals surface area contributed by atoms with Gasteiger partial charge in [0.1, 0.15) is 16.8 Å². The Morgan fingerprint density at radius 1 is 0.958 bits per heavy atom. The number of hydrogen-bond acceptors (Lipinski definition) is 4. The number of aryl methyl sites for hydroxylation is 2. The maximum atomic E-state index is 12.5. The average Bonchev–Trinajstić information content (AvgIpc) is 2.61. The summed E-state index contributed by atoms with van der Waals surface area (Å²) < 4.78 is 5.58. The summed E-state index contributed by atoms with van der Waals surface area (Å²) in [7, 11) is 0. The Balaban J connectivity index is 2.15. The molecule has 0 amide bonds. The lowest BCUT2D eigenvalue weighted by Gasteiger charge is -2.19. The largest absolute Gasteiger partial charge is 0.422 e. The van der Waals surface area contributed by atoms with E-state index in [1.807, 2.05) is 24.3 Å². The van der Waals surface area contributed by atoms with E-state index in [0.29, 0.717) is 11.0 Å². The zero-order chi connectivity index (χ0) is 16.3. The summed E-state index contributed by atoms with van der Waals surface area (Å²) in [6.45, 7) is 0. The number of nitrogens with zero attached hydrogens (tertiary/aromatic N) is 1. The van der Waals surface area contributed by atoms with E-state index >= 15 is 0 Å². The first kappa shape index (κ1) is 13.5. The number of rotatable bonds is 0. The van der Waals surface area contributed by atoms with E-state index in [0.717, 1.165) is 52.9 Å². The van der Waals surface area contributed by atoms with Crippen molar-refractivity contribution in [1.29, 1.82) is 0 Å². The number of nitrogen functional groups attached to an aromatic ring is 1. The summed E-state index contributed by atoms with van der Waals surface area (Å²) >= 11 is 0. The van der Waals surface area contributed by atoms with Crippen molar-refractivity contribution < 1.29 is 4.42 Å². The van der Waals surface area contributed by atoms with E-state index in [2.05, 4.69) is 17.1 Å². The maximum absolute atomic E-state index is 12.5. The van der Waals surface area contributed by atoms with Crippen molar-refractivity contribution in [3.63, 3.8) is 0 Å². The second kappa shape index (κ2) is 4.81. The standard InChI is InChI=1S/C20H16N2O2/c21-19-18-17(13-7-3-4-8-14(13)22-19)16-12-6-2-1-5-11(12)9-10-15(16)24-20(18)23/h1-2,5-6,9-10H,3-4,7-8H2,(H2,21,22). The predicted molar refractivity (Wildman–Crippen MR) is 96.3 cm³/mol. The van der Waals surface area contributed by atoms with Gasteiger partial charge in [0.2, 0.25) is 0 Å². The Bertz CT molecular complexity index is 1190. The highest BCUT2D eigenvalue weighted by Gasteiger charge is 2.22. The lowest BCUT2D eigenvalue weighted by molar-refractivity contribution is 0.569. The number of hydrogen-bond donors (Lipinski definition) is 1. The van der Waals surface area contributed by atoms with Crippen LogP contribution >= 0.6 is 0 Å². The van der Waals surface area contributed by atoms with Crippen LogP contribution in [0.2, 0.25) is 0 Å². The first-order valence-electron chi connectivity index (χ1n) is 8.29. The monoisotopic (exact) mass is 316 g/mol. The Hall–Kier alpha value is -2.88. The zero-order valence-corrected chi connectivity index (χ0v) is 13.1. The van der Waals surface area contributed by atoms with Crippen LogP contribution in [-0.2, 0) is 12.8 Å². The topological polar surface area (TPSA) is 69.1 Å². The Labute approximate surface area is 137 Å². The van der Waals surface area contributed by atoms with Gasteiger partial charge in [-0.1, -0.05) is 30.3 Å². The summed E-state index contributed by atoms with van der Waals surface area (Å²) in [5.41, 5.74) is 8.56. The molecule has 0 bridgehead atoms. The molecule has 4 heteroatoms. The van der Waals surface area contributed by atoms with Gasteiger partial charge in [-0.2, -0.15) is 0 Å². The molecule has 1 aliphatic rings. The molecule has 2 heterocycles. The third-order valence-electron chi connectivity index (χ3n) is 5.05. The first-order chi connectivity index (χ1) is 11.7. The third-order valence-corrected chi connectivity index (χ3v) is 5.05. The van der Waals surface area contributed by atoms with Crippen molar-refractivity contribution >= 4 is 38.3 Å². The number of aromatic nitrogens is 1. The van der Waals surface area contributed by atoms with Crippen LogP contribution in [0, 0.1) is 0 Å². The summed E-state index contributed by atoms with van der Waals surface area (Å²) in [5, 5.41) is 4.57. The second-order valence-electron chi connectivity index (χ2n) is 6.43. The molecular formula is C20H16N2O2. The Morgan fingerprint density at radius 2 is 1.79 bits per heavy atom. The number of fused-ring (bicyclic) bond motifs is 7. The third kappa shape index (κ3) is 1.74. The van der Waals surface area contributed by atoms with Crippen LogP contribution < -0.4 is 11.4 Å². The van der Waals surface area contributed by atoms with Crippen molar-refractivity contribution in [3.8, 4) is 0 Å². The number of anilines is 1. The summed E-state index contributed by atoms with van der Waals surface area (Å²) in [4.78, 5) is 17.1. The molecule has 2 aromatic carbocycles. The minimum atomic E-state index is -0.397. The smallest absolute Gasteiger partial charge is 0.347 e. The van der Waals surface area contributed by atoms with Crippen LogP contribution in [-0.4, -0.2) is 4.98 Å². The Kier molecular flexibility index (Phi) is 2.71. The first-order valence-corrected chi connectivity index (χ1v) is 8.29. The van der Waals surface area contributed by atoms with Crippen molar-refractivity contribution in [2.45, 2.75) is 25.7 Å². The molecule has 4 aromatic rings. The Morgan fingerprint density at radius 3 is 2.71 bits per heavy atom. The molecule has 24 heavy (non-hydrogen) atoms. The highest BCUT2D eigenvalue weighted by Crippen LogP contribution is 2.37. The molecule has 2 N–H and O–H groups in total. The molecule has 4 nitrogen and oxygen atoms in total. The van der Waals surface area contributed by atoms with E-state index in [1.165, 1.54) is 5.56 Å². The van der Waals surface area contributed by atoms with Gasteiger partial charge in [-0.15, -0.1) is 0 Å². The van der Waals surface area contributed by atoms with Crippen LogP contribution in [0.25, 0.3) is 32.5 Å². The molecule has 0 saturated carbocycles. The fourth-order valence-corrected chi connectivity index (χ4v) is 3.99. The van der Waals surface area contributed by atoms with Gasteiger partial charge in [-0.25, -0.2) is 9.78 Å². The molecule has 0 atom stereocenters. The van der Waals surface area contributed by atoms with Gasteiger partial charge in [0.05, 0.1) is 0 Å². The van der Waals surface area contributed by atoms with E-state index in [9.17, 15) is 4.79 Å². The molecule has 0 spiro atoms. The van der Waals surface area contributed by atoms with Crippen molar-refractivity contribution in [1.82, 2.24) is 4.98 Å². The molecule has 0 unspecified atom stereocenters. The highest BCUT2D eigenvalue weighted by molar-refractivity contribution is 6.20. The molecule has 0 radical (unpaired) electrons. The summed E-state index contributed by atoms with van der Waals surface area (Å²) in [5.74, 6) is 0.286. The highest BCUT2D eigenvalue weighted by atomic mass is 16.4. The minimum absolute atomic E-state index is 0.286. The predicted octanol–water partition coefficient (Wildman–Crippen LogP) is 3.96. The quantitative estimate of drug-likeness (QED) is 0.394. The van der Waals surface area contributed by atoms with Crippen molar-refractivity contribution in [2.24, 2.45) is 0 Å². The number of pyridine rings is 1. The lowest BCUT2D eigenvalue weighted by atomic mass is 9.89. The van der Waals surface area contributed by atoms with E-state index < -0.39 is 5.63 Å². The van der Waals surface area contributed by atoms with Gasteiger partial charge >= 0.3 is 5.63 Å². The van der Waals surface area contributed by atoms with Gasteiger partial charge in [-0.3, -0.25) is 0 Å².